The second-order valence-electron chi connectivity index (χ2n) is 9.22. The number of nitrogens with zero attached hydrogens (tertiary/aromatic N) is 1. The summed E-state index contributed by atoms with van der Waals surface area (Å²) in [6.45, 7) is 19.8. The summed E-state index contributed by atoms with van der Waals surface area (Å²) in [6, 6.07) is 5.87. The lowest BCUT2D eigenvalue weighted by Gasteiger charge is -2.38. The molecule has 0 aromatic carbocycles. The highest BCUT2D eigenvalue weighted by Gasteiger charge is 2.39. The van der Waals surface area contributed by atoms with Gasteiger partial charge in [-0.3, -0.25) is 4.98 Å². The largest absolute Gasteiger partial charge is 0.598 e. The number of pyridine rings is 1. The Morgan fingerprint density at radius 2 is 1.80 bits per heavy atom. The van der Waals surface area contributed by atoms with Gasteiger partial charge in [0.2, 0.25) is 0 Å². The Morgan fingerprint density at radius 3 is 2.24 bits per heavy atom. The van der Waals surface area contributed by atoms with Gasteiger partial charge in [0.25, 0.3) is 0 Å². The molecule has 0 spiro atoms. The Labute approximate surface area is 158 Å². The molecule has 1 rings (SSSR count). The van der Waals surface area contributed by atoms with Crippen molar-refractivity contribution in [2.24, 2.45) is 0 Å². The lowest BCUT2D eigenvalue weighted by atomic mass is 9.99. The van der Waals surface area contributed by atoms with Crippen LogP contribution < -0.4 is 4.72 Å². The third-order valence-corrected chi connectivity index (χ3v) is 11.1. The summed E-state index contributed by atoms with van der Waals surface area (Å²) < 4.78 is 22.1. The van der Waals surface area contributed by atoms with Gasteiger partial charge in [0.15, 0.2) is 8.32 Å². The Hall–Kier alpha value is -0.403. The summed E-state index contributed by atoms with van der Waals surface area (Å²) in [4.78, 5) is 4.48. The van der Waals surface area contributed by atoms with Crippen LogP contribution in [0, 0.1) is 0 Å². The molecule has 25 heavy (non-hydrogen) atoms. The Morgan fingerprint density at radius 1 is 1.20 bits per heavy atom. The van der Waals surface area contributed by atoms with Gasteiger partial charge in [0.1, 0.15) is 4.75 Å². The van der Waals surface area contributed by atoms with Crippen LogP contribution in [0.2, 0.25) is 18.1 Å². The molecule has 3 atom stereocenters. The van der Waals surface area contributed by atoms with E-state index >= 15 is 0 Å². The predicted molar refractivity (Wildman–Crippen MR) is 111 cm³/mol. The minimum absolute atomic E-state index is 0.0518. The Kier molecular flexibility index (Phi) is 7.72. The molecule has 1 heterocycles. The normalized spacial score (nSPS) is 17.2. The van der Waals surface area contributed by atoms with Gasteiger partial charge in [-0.05, 0) is 51.0 Å². The van der Waals surface area contributed by atoms with E-state index in [0.717, 1.165) is 5.69 Å². The maximum absolute atomic E-state index is 12.7. The van der Waals surface area contributed by atoms with Gasteiger partial charge < -0.3 is 8.98 Å². The van der Waals surface area contributed by atoms with Gasteiger partial charge >= 0.3 is 0 Å². The molecule has 6 heteroatoms. The van der Waals surface area contributed by atoms with Crippen LogP contribution in [0.15, 0.2) is 24.4 Å². The first kappa shape index (κ1) is 22.6. The zero-order valence-corrected chi connectivity index (χ0v) is 19.2. The standard InChI is InChI=1S/C19H36N2O2SSi/c1-15(16-12-10-11-13-20-16)17(21-24(22)18(2,3)4)14-23-25(8,9)19(5,6)7/h10-13,15,17,21H,14H2,1-9H3/t15?,17-,24+/m0/s1. The molecule has 0 aliphatic heterocycles. The molecule has 0 fully saturated rings. The van der Waals surface area contributed by atoms with Crippen molar-refractivity contribution < 1.29 is 8.98 Å². The molecular formula is C19H36N2O2SSi. The van der Waals surface area contributed by atoms with Gasteiger partial charge in [-0.25, -0.2) is 0 Å². The van der Waals surface area contributed by atoms with Gasteiger partial charge in [0, 0.05) is 29.2 Å². The average Bonchev–Trinajstić information content (AvgIpc) is 2.49. The van der Waals surface area contributed by atoms with Gasteiger partial charge in [0.05, 0.1) is 12.6 Å². The highest BCUT2D eigenvalue weighted by Crippen LogP contribution is 2.37. The van der Waals surface area contributed by atoms with E-state index in [0.29, 0.717) is 6.61 Å². The first-order valence-corrected chi connectivity index (χ1v) is 13.0. The van der Waals surface area contributed by atoms with E-state index in [1.807, 2.05) is 39.0 Å². The molecule has 0 radical (unpaired) electrons. The molecule has 0 saturated heterocycles. The molecule has 0 bridgehead atoms. The molecule has 4 nitrogen and oxygen atoms in total. The fourth-order valence-electron chi connectivity index (χ4n) is 1.96. The first-order chi connectivity index (χ1) is 11.3. The van der Waals surface area contributed by atoms with Crippen LogP contribution in [-0.4, -0.2) is 35.2 Å². The van der Waals surface area contributed by atoms with E-state index in [2.05, 4.69) is 50.5 Å². The molecule has 0 aliphatic carbocycles. The van der Waals surface area contributed by atoms with Crippen molar-refractivity contribution in [1.29, 1.82) is 0 Å². The maximum atomic E-state index is 12.7. The third-order valence-electron chi connectivity index (χ3n) is 5.00. The lowest BCUT2D eigenvalue weighted by molar-refractivity contribution is 0.240. The van der Waals surface area contributed by atoms with Crippen LogP contribution in [-0.2, 0) is 15.8 Å². The van der Waals surface area contributed by atoms with Crippen molar-refractivity contribution in [2.45, 2.75) is 83.3 Å². The number of aromatic nitrogens is 1. The Bertz CT molecular complexity index is 526. The zero-order valence-electron chi connectivity index (χ0n) is 17.3. The van der Waals surface area contributed by atoms with E-state index in [1.54, 1.807) is 6.20 Å². The fraction of sp³-hybridized carbons (Fsp3) is 0.737. The Balaban J connectivity index is 2.95. The monoisotopic (exact) mass is 384 g/mol. The third kappa shape index (κ3) is 6.68. The molecule has 0 amide bonds. The SMILES string of the molecule is CC(c1ccccn1)[C@H](CO[Si](C)(C)C(C)(C)C)N[S@+]([O-])C(C)(C)C. The van der Waals surface area contributed by atoms with Crippen molar-refractivity contribution in [2.75, 3.05) is 6.61 Å². The summed E-state index contributed by atoms with van der Waals surface area (Å²) in [5, 5.41) is 0.148. The van der Waals surface area contributed by atoms with Crippen molar-refractivity contribution in [3.05, 3.63) is 30.1 Å². The highest BCUT2D eigenvalue weighted by atomic mass is 32.2. The topological polar surface area (TPSA) is 57.2 Å². The molecule has 1 unspecified atom stereocenters. The molecule has 0 saturated carbocycles. The maximum Gasteiger partial charge on any atom is 0.192 e. The zero-order chi connectivity index (χ0) is 19.5. The molecule has 1 aromatic heterocycles. The van der Waals surface area contributed by atoms with Crippen LogP contribution in [0.1, 0.15) is 60.1 Å². The highest BCUT2D eigenvalue weighted by molar-refractivity contribution is 7.90. The average molecular weight is 385 g/mol. The van der Waals surface area contributed by atoms with E-state index in [9.17, 15) is 4.55 Å². The van der Waals surface area contributed by atoms with Gasteiger partial charge in [-0.1, -0.05) is 33.8 Å². The van der Waals surface area contributed by atoms with Crippen molar-refractivity contribution in [3.8, 4) is 0 Å². The van der Waals surface area contributed by atoms with Crippen molar-refractivity contribution in [3.63, 3.8) is 0 Å². The second-order valence-corrected chi connectivity index (χ2v) is 16.0. The smallest absolute Gasteiger partial charge is 0.192 e. The fourth-order valence-corrected chi connectivity index (χ4v) is 3.89. The summed E-state index contributed by atoms with van der Waals surface area (Å²) >= 11 is -1.15. The van der Waals surface area contributed by atoms with E-state index in [1.165, 1.54) is 0 Å². The van der Waals surface area contributed by atoms with Gasteiger partial charge in [-0.2, -0.15) is 0 Å². The summed E-state index contributed by atoms with van der Waals surface area (Å²) in [5.41, 5.74) is 0.991. The first-order valence-electron chi connectivity index (χ1n) is 8.98. The number of hydrogen-bond acceptors (Lipinski definition) is 4. The molecular weight excluding hydrogens is 348 g/mol. The van der Waals surface area contributed by atoms with Crippen LogP contribution >= 0.6 is 0 Å². The second kappa shape index (κ2) is 8.52. The van der Waals surface area contributed by atoms with E-state index in [4.69, 9.17) is 4.43 Å². The quantitative estimate of drug-likeness (QED) is 0.550. The molecule has 1 aromatic rings. The number of nitrogens with one attached hydrogen (secondary N) is 1. The van der Waals surface area contributed by atoms with E-state index in [-0.39, 0.29) is 21.7 Å². The number of hydrogen-bond donors (Lipinski definition) is 1. The van der Waals surface area contributed by atoms with E-state index < -0.39 is 19.7 Å². The summed E-state index contributed by atoms with van der Waals surface area (Å²) in [5.74, 6) is 0.109. The van der Waals surface area contributed by atoms with Crippen molar-refractivity contribution >= 4 is 19.7 Å². The summed E-state index contributed by atoms with van der Waals surface area (Å²) in [6.07, 6.45) is 1.80. The van der Waals surface area contributed by atoms with Crippen LogP contribution in [0.3, 0.4) is 0 Å². The molecule has 144 valence electrons. The minimum Gasteiger partial charge on any atom is -0.598 e. The lowest BCUT2D eigenvalue weighted by Crippen LogP contribution is -2.51. The van der Waals surface area contributed by atoms with Crippen LogP contribution in [0.4, 0.5) is 0 Å². The predicted octanol–water partition coefficient (Wildman–Crippen LogP) is 4.63. The van der Waals surface area contributed by atoms with Crippen LogP contribution in [0.25, 0.3) is 0 Å². The minimum atomic E-state index is -1.87. The summed E-state index contributed by atoms with van der Waals surface area (Å²) in [7, 11) is -1.87. The van der Waals surface area contributed by atoms with Crippen molar-refractivity contribution in [1.82, 2.24) is 9.71 Å². The molecule has 1 N–H and O–H groups in total. The van der Waals surface area contributed by atoms with Crippen LogP contribution in [0.5, 0.6) is 0 Å². The molecule has 0 aliphatic rings. The van der Waals surface area contributed by atoms with Gasteiger partial charge in [-0.15, -0.1) is 4.72 Å². The number of rotatable bonds is 7.